The van der Waals surface area contributed by atoms with Crippen molar-refractivity contribution in [3.63, 3.8) is 0 Å². The first kappa shape index (κ1) is 11.8. The fourth-order valence-corrected chi connectivity index (χ4v) is 2.26. The second-order valence-corrected chi connectivity index (χ2v) is 5.16. The Bertz CT molecular complexity index is 536. The van der Waals surface area contributed by atoms with Crippen LogP contribution in [0.3, 0.4) is 0 Å². The van der Waals surface area contributed by atoms with Crippen LogP contribution < -0.4 is 4.72 Å². The van der Waals surface area contributed by atoms with Crippen LogP contribution in [0.1, 0.15) is 5.56 Å². The Kier molecular flexibility index (Phi) is 3.26. The minimum atomic E-state index is -3.60. The molecule has 6 heteroatoms. The summed E-state index contributed by atoms with van der Waals surface area (Å²) in [5.74, 6) is -0.540. The minimum Gasteiger partial charge on any atom is -0.462 e. The second kappa shape index (κ2) is 4.68. The fourth-order valence-electron chi connectivity index (χ4n) is 1.29. The lowest BCUT2D eigenvalue weighted by Gasteiger charge is -2.24. The highest BCUT2D eigenvalue weighted by Gasteiger charge is 2.33. The number of carbonyl (C=O) groups is 1. The lowest BCUT2D eigenvalue weighted by atomic mass is 10.2. The largest absolute Gasteiger partial charge is 0.462 e. The number of hydrogen-bond acceptors (Lipinski definition) is 4. The molecule has 2 rings (SSSR count). The highest BCUT2D eigenvalue weighted by Crippen LogP contribution is 2.07. The number of hydrogen-bond donors (Lipinski definition) is 1. The summed E-state index contributed by atoms with van der Waals surface area (Å²) in [6.45, 7) is 0.0945. The number of benzene rings is 1. The first-order chi connectivity index (χ1) is 8.07. The number of ether oxygens (including phenoxy) is 1. The third-order valence-corrected chi connectivity index (χ3v) is 3.33. The van der Waals surface area contributed by atoms with E-state index in [1.165, 1.54) is 6.08 Å². The molecule has 1 atom stereocenters. The molecule has 0 amide bonds. The molecule has 1 fully saturated rings. The average molecular weight is 253 g/mol. The van der Waals surface area contributed by atoms with Crippen LogP contribution >= 0.6 is 0 Å². The summed E-state index contributed by atoms with van der Waals surface area (Å²) in [7, 11) is -3.60. The van der Waals surface area contributed by atoms with Gasteiger partial charge in [0.15, 0.2) is 6.04 Å². The van der Waals surface area contributed by atoms with Gasteiger partial charge in [0.05, 0.1) is 0 Å². The van der Waals surface area contributed by atoms with Gasteiger partial charge in [-0.15, -0.1) is 0 Å². The molecule has 1 aromatic rings. The van der Waals surface area contributed by atoms with E-state index in [2.05, 4.69) is 9.46 Å². The predicted octanol–water partition coefficient (Wildman–Crippen LogP) is 0.502. The summed E-state index contributed by atoms with van der Waals surface area (Å²) in [5.41, 5.74) is 0.772. The third kappa shape index (κ3) is 3.15. The van der Waals surface area contributed by atoms with Gasteiger partial charge < -0.3 is 4.74 Å². The molecule has 0 aliphatic carbocycles. The van der Waals surface area contributed by atoms with E-state index in [1.807, 2.05) is 18.2 Å². The van der Waals surface area contributed by atoms with E-state index in [1.54, 1.807) is 12.1 Å². The fraction of sp³-hybridized carbons (Fsp3) is 0.182. The smallest absolute Gasteiger partial charge is 0.327 e. The first-order valence-corrected chi connectivity index (χ1v) is 6.53. The Hall–Kier alpha value is -1.66. The van der Waals surface area contributed by atoms with Crippen molar-refractivity contribution in [2.24, 2.45) is 0 Å². The third-order valence-electron chi connectivity index (χ3n) is 2.22. The molecule has 1 aromatic carbocycles. The van der Waals surface area contributed by atoms with Crippen LogP contribution in [0, 0.1) is 0 Å². The van der Waals surface area contributed by atoms with Crippen molar-refractivity contribution in [1.82, 2.24) is 4.72 Å². The van der Waals surface area contributed by atoms with E-state index < -0.39 is 22.0 Å². The summed E-state index contributed by atoms with van der Waals surface area (Å²) >= 11 is 0. The quantitative estimate of drug-likeness (QED) is 0.793. The highest BCUT2D eigenvalue weighted by molar-refractivity contribution is 7.92. The van der Waals surface area contributed by atoms with Crippen molar-refractivity contribution in [1.29, 1.82) is 0 Å². The summed E-state index contributed by atoms with van der Waals surface area (Å²) in [4.78, 5) is 10.8. The molecule has 0 radical (unpaired) electrons. The number of nitrogens with one attached hydrogen (secondary N) is 1. The lowest BCUT2D eigenvalue weighted by Crippen LogP contribution is -2.52. The maximum Gasteiger partial charge on any atom is 0.327 e. The minimum absolute atomic E-state index is 0.0945. The van der Waals surface area contributed by atoms with Crippen LogP contribution in [0.2, 0.25) is 0 Å². The maximum atomic E-state index is 11.5. The van der Waals surface area contributed by atoms with Crippen LogP contribution in [0.5, 0.6) is 0 Å². The van der Waals surface area contributed by atoms with Crippen molar-refractivity contribution in [3.8, 4) is 0 Å². The van der Waals surface area contributed by atoms with E-state index >= 15 is 0 Å². The van der Waals surface area contributed by atoms with Crippen molar-refractivity contribution in [2.45, 2.75) is 6.04 Å². The zero-order chi connectivity index (χ0) is 12.3. The van der Waals surface area contributed by atoms with Crippen molar-refractivity contribution in [3.05, 3.63) is 41.3 Å². The molecule has 0 unspecified atom stereocenters. The molecule has 0 spiro atoms. The molecule has 1 aliphatic heterocycles. The highest BCUT2D eigenvalue weighted by atomic mass is 32.2. The van der Waals surface area contributed by atoms with Crippen molar-refractivity contribution >= 4 is 22.1 Å². The van der Waals surface area contributed by atoms with Crippen LogP contribution in [0.15, 0.2) is 35.7 Å². The zero-order valence-electron chi connectivity index (χ0n) is 8.87. The zero-order valence-corrected chi connectivity index (χ0v) is 9.68. The second-order valence-electron chi connectivity index (χ2n) is 3.56. The molecule has 90 valence electrons. The Labute approximate surface area is 99.1 Å². The standard InChI is InChI=1S/C11H11NO4S/c13-11-10(8-16-11)12-17(14,15)7-6-9-4-2-1-3-5-9/h1-7,10,12H,8H2/b7-6+/t10-/m1/s1. The predicted molar refractivity (Wildman–Crippen MR) is 62.3 cm³/mol. The number of sulfonamides is 1. The van der Waals surface area contributed by atoms with Gasteiger partial charge in [0, 0.05) is 5.41 Å². The molecule has 17 heavy (non-hydrogen) atoms. The molecule has 1 saturated heterocycles. The summed E-state index contributed by atoms with van der Waals surface area (Å²) in [5, 5.41) is 1.04. The molecule has 1 N–H and O–H groups in total. The number of rotatable bonds is 4. The van der Waals surface area contributed by atoms with E-state index in [-0.39, 0.29) is 6.61 Å². The van der Waals surface area contributed by atoms with Gasteiger partial charge in [-0.1, -0.05) is 30.3 Å². The topological polar surface area (TPSA) is 72.5 Å². The normalized spacial score (nSPS) is 20.0. The molecule has 0 saturated carbocycles. The maximum absolute atomic E-state index is 11.5. The van der Waals surface area contributed by atoms with Gasteiger partial charge in [0.25, 0.3) is 0 Å². The Morgan fingerprint density at radius 3 is 2.53 bits per heavy atom. The average Bonchev–Trinajstić information content (AvgIpc) is 2.33. The summed E-state index contributed by atoms with van der Waals surface area (Å²) < 4.78 is 29.8. The van der Waals surface area contributed by atoms with Gasteiger partial charge in [-0.25, -0.2) is 8.42 Å². The first-order valence-electron chi connectivity index (χ1n) is 4.99. The summed E-state index contributed by atoms with van der Waals surface area (Å²) in [6, 6.07) is 8.27. The molecule has 5 nitrogen and oxygen atoms in total. The van der Waals surface area contributed by atoms with Gasteiger partial charge in [0.2, 0.25) is 10.0 Å². The molecular weight excluding hydrogens is 242 g/mol. The Balaban J connectivity index is 2.02. The van der Waals surface area contributed by atoms with Gasteiger partial charge in [0.1, 0.15) is 6.61 Å². The van der Waals surface area contributed by atoms with E-state index in [4.69, 9.17) is 0 Å². The molecule has 1 heterocycles. The van der Waals surface area contributed by atoms with Crippen LogP contribution in [-0.4, -0.2) is 27.0 Å². The lowest BCUT2D eigenvalue weighted by molar-refractivity contribution is -0.161. The van der Waals surface area contributed by atoms with E-state index in [0.29, 0.717) is 0 Å². The van der Waals surface area contributed by atoms with E-state index in [0.717, 1.165) is 11.0 Å². The Morgan fingerprint density at radius 2 is 2.00 bits per heavy atom. The monoisotopic (exact) mass is 253 g/mol. The SMILES string of the molecule is O=C1OC[C@H]1NS(=O)(=O)/C=C/c1ccccc1. The van der Waals surface area contributed by atoms with Crippen LogP contribution in [0.4, 0.5) is 0 Å². The van der Waals surface area contributed by atoms with Gasteiger partial charge in [-0.3, -0.25) is 4.79 Å². The van der Waals surface area contributed by atoms with Crippen LogP contribution in [0.25, 0.3) is 6.08 Å². The molecular formula is C11H11NO4S. The molecule has 1 aliphatic rings. The van der Waals surface area contributed by atoms with Crippen LogP contribution in [-0.2, 0) is 19.6 Å². The van der Waals surface area contributed by atoms with E-state index in [9.17, 15) is 13.2 Å². The molecule has 0 bridgehead atoms. The summed E-state index contributed by atoms with van der Waals surface area (Å²) in [6.07, 6.45) is 1.46. The van der Waals surface area contributed by atoms with Gasteiger partial charge >= 0.3 is 5.97 Å². The van der Waals surface area contributed by atoms with Crippen molar-refractivity contribution in [2.75, 3.05) is 6.61 Å². The van der Waals surface area contributed by atoms with Crippen molar-refractivity contribution < 1.29 is 17.9 Å². The number of esters is 1. The van der Waals surface area contributed by atoms with Gasteiger partial charge in [-0.05, 0) is 11.6 Å². The number of cyclic esters (lactones) is 1. The Morgan fingerprint density at radius 1 is 1.29 bits per heavy atom. The van der Waals surface area contributed by atoms with Gasteiger partial charge in [-0.2, -0.15) is 4.72 Å². The number of carbonyl (C=O) groups excluding carboxylic acids is 1. The molecule has 0 aromatic heterocycles.